The van der Waals surface area contributed by atoms with Crippen molar-refractivity contribution in [3.63, 3.8) is 0 Å². The van der Waals surface area contributed by atoms with Crippen LogP contribution < -0.4 is 5.76 Å². The molecule has 0 saturated carbocycles. The molecule has 0 aliphatic rings. The van der Waals surface area contributed by atoms with Crippen LogP contribution in [0.3, 0.4) is 0 Å². The van der Waals surface area contributed by atoms with Crippen LogP contribution in [0.15, 0.2) is 21.9 Å². The van der Waals surface area contributed by atoms with Gasteiger partial charge in [0.2, 0.25) is 0 Å². The van der Waals surface area contributed by atoms with Crippen LogP contribution in [0, 0.1) is 43.0 Å². The van der Waals surface area contributed by atoms with Crippen LogP contribution in [-0.4, -0.2) is 4.98 Å². The molecule has 1 rings (SSSR count). The second-order valence-electron chi connectivity index (χ2n) is 1.89. The quantitative estimate of drug-likeness (QED) is 0.828. The third-order valence-electron chi connectivity index (χ3n) is 1.15. The molecule has 0 aliphatic carbocycles. The van der Waals surface area contributed by atoms with Crippen LogP contribution in [0.25, 0.3) is 6.08 Å². The minimum Gasteiger partial charge on any atom is -0.502 e. The summed E-state index contributed by atoms with van der Waals surface area (Å²) in [5, 5.41) is 0. The molecule has 0 bridgehead atoms. The summed E-state index contributed by atoms with van der Waals surface area (Å²) in [5.74, 6) is -0.0580. The summed E-state index contributed by atoms with van der Waals surface area (Å²) >= 11 is 0. The second-order valence-corrected chi connectivity index (χ2v) is 1.89. The molecule has 1 aromatic rings. The molecule has 0 saturated heterocycles. The Bertz CT molecular complexity index is 336. The molecule has 1 heterocycles. The molecule has 0 unspecified atom stereocenters. The van der Waals surface area contributed by atoms with E-state index in [2.05, 4.69) is 17.6 Å². The molecular weight excluding hydrogens is 341 g/mol. The van der Waals surface area contributed by atoms with E-state index in [0.29, 0.717) is 11.5 Å². The van der Waals surface area contributed by atoms with Gasteiger partial charge in [0, 0.05) is 42.6 Å². The Kier molecular flexibility index (Phi) is 10.7. The van der Waals surface area contributed by atoms with E-state index in [1.807, 2.05) is 13.8 Å². The predicted molar refractivity (Wildman–Crippen MR) is 53.4 cm³/mol. The van der Waals surface area contributed by atoms with Crippen molar-refractivity contribution in [1.82, 2.24) is 4.98 Å². The molecular formula is C10H14LuNO2-. The summed E-state index contributed by atoms with van der Waals surface area (Å²) in [6, 6.07) is 0. The first-order valence-corrected chi connectivity index (χ1v) is 4.18. The zero-order chi connectivity index (χ0) is 10.3. The van der Waals surface area contributed by atoms with Gasteiger partial charge in [-0.05, 0) is 0 Å². The van der Waals surface area contributed by atoms with Crippen LogP contribution >= 0.6 is 0 Å². The second kappa shape index (κ2) is 9.29. The van der Waals surface area contributed by atoms with Crippen LogP contribution in [-0.2, 0) is 0 Å². The fraction of sp³-hybridized carbons (Fsp3) is 0.300. The van der Waals surface area contributed by atoms with E-state index in [9.17, 15) is 4.79 Å². The SMILES string of the molecule is C=Cc1oc(=O)[nH]c1[C-]=CC.CC.[Lu]. The summed E-state index contributed by atoms with van der Waals surface area (Å²) < 4.78 is 4.70. The summed E-state index contributed by atoms with van der Waals surface area (Å²) in [7, 11) is 0. The zero-order valence-corrected chi connectivity index (χ0v) is 10.1. The first-order chi connectivity index (χ1) is 6.27. The van der Waals surface area contributed by atoms with Crippen molar-refractivity contribution in [3.05, 3.63) is 40.7 Å². The number of hydrogen-bond donors (Lipinski definition) is 1. The van der Waals surface area contributed by atoms with E-state index in [0.717, 1.165) is 0 Å². The molecule has 0 fully saturated rings. The molecule has 1 aromatic heterocycles. The largest absolute Gasteiger partial charge is 0.502 e. The Morgan fingerprint density at radius 2 is 2.07 bits per heavy atom. The third-order valence-corrected chi connectivity index (χ3v) is 1.15. The van der Waals surface area contributed by atoms with E-state index in [-0.39, 0.29) is 36.9 Å². The van der Waals surface area contributed by atoms with E-state index in [4.69, 9.17) is 4.42 Å². The van der Waals surface area contributed by atoms with E-state index in [1.54, 1.807) is 13.0 Å². The number of oxazole rings is 1. The van der Waals surface area contributed by atoms with Crippen molar-refractivity contribution in [2.45, 2.75) is 20.8 Å². The summed E-state index contributed by atoms with van der Waals surface area (Å²) in [5.41, 5.74) is 0.535. The maximum absolute atomic E-state index is 10.6. The smallest absolute Gasteiger partial charge is 0.396 e. The maximum atomic E-state index is 10.6. The van der Waals surface area contributed by atoms with Crippen LogP contribution in [0.1, 0.15) is 32.2 Å². The first-order valence-electron chi connectivity index (χ1n) is 4.18. The number of nitrogens with one attached hydrogen (secondary N) is 1. The van der Waals surface area contributed by atoms with Gasteiger partial charge in [0.15, 0.2) is 0 Å². The number of aromatic amines is 1. The molecule has 3 nitrogen and oxygen atoms in total. The predicted octanol–water partition coefficient (Wildman–Crippen LogP) is 2.36. The van der Waals surface area contributed by atoms with Gasteiger partial charge in [0.05, 0.1) is 0 Å². The minimum atomic E-state index is -0.482. The summed E-state index contributed by atoms with van der Waals surface area (Å²) in [6.07, 6.45) is 5.95. The van der Waals surface area contributed by atoms with Gasteiger partial charge in [-0.1, -0.05) is 26.5 Å². The molecule has 1 N–H and O–H groups in total. The van der Waals surface area contributed by atoms with Crippen molar-refractivity contribution in [2.75, 3.05) is 0 Å². The Hall–Kier alpha value is -0.276. The molecule has 0 amide bonds. The van der Waals surface area contributed by atoms with Crippen LogP contribution in [0.4, 0.5) is 0 Å². The number of aromatic nitrogens is 1. The van der Waals surface area contributed by atoms with E-state index < -0.39 is 5.76 Å². The van der Waals surface area contributed by atoms with Crippen molar-refractivity contribution in [2.24, 2.45) is 0 Å². The van der Waals surface area contributed by atoms with Gasteiger partial charge in [-0.15, -0.1) is 12.7 Å². The summed E-state index contributed by atoms with van der Waals surface area (Å²) in [4.78, 5) is 13.1. The van der Waals surface area contributed by atoms with Crippen molar-refractivity contribution in [3.8, 4) is 0 Å². The average molecular weight is 355 g/mol. The third kappa shape index (κ3) is 4.82. The fourth-order valence-electron chi connectivity index (χ4n) is 0.735. The normalized spacial score (nSPS) is 8.79. The molecule has 4 heteroatoms. The number of H-pyrrole nitrogens is 1. The number of hydrogen-bond acceptors (Lipinski definition) is 2. The summed E-state index contributed by atoms with van der Waals surface area (Å²) in [6.45, 7) is 9.28. The van der Waals surface area contributed by atoms with Gasteiger partial charge in [-0.25, -0.2) is 10.9 Å². The monoisotopic (exact) mass is 355 g/mol. The zero-order valence-electron chi connectivity index (χ0n) is 8.44. The molecule has 87 valence electrons. The Morgan fingerprint density at radius 1 is 1.50 bits per heavy atom. The number of allylic oxidation sites excluding steroid dienone is 1. The van der Waals surface area contributed by atoms with Gasteiger partial charge >= 0.3 is 5.76 Å². The first kappa shape index (κ1) is 16.2. The molecule has 0 atom stereocenters. The van der Waals surface area contributed by atoms with E-state index >= 15 is 0 Å². The standard InChI is InChI=1S/C8H8NO2.C2H6.Lu/c1-3-5-6-7(4-2)11-8(10)9-6;1-2;/h3-4H,2H2,1H3,(H,9,10);1-2H3;/q-1;;. The number of rotatable bonds is 2. The van der Waals surface area contributed by atoms with Crippen LogP contribution in [0.2, 0.25) is 0 Å². The molecule has 0 spiro atoms. The van der Waals surface area contributed by atoms with Crippen LogP contribution in [0.5, 0.6) is 0 Å². The van der Waals surface area contributed by atoms with Crippen molar-refractivity contribution < 1.29 is 41.3 Å². The molecule has 0 aliphatic heterocycles. The topological polar surface area (TPSA) is 46.0 Å². The molecule has 0 aromatic carbocycles. The Morgan fingerprint density at radius 3 is 2.50 bits per heavy atom. The Labute approximate surface area is 113 Å². The van der Waals surface area contributed by atoms with Gasteiger partial charge in [-0.3, -0.25) is 0 Å². The molecule has 14 heavy (non-hydrogen) atoms. The van der Waals surface area contributed by atoms with Gasteiger partial charge in [-0.2, -0.15) is 6.08 Å². The maximum Gasteiger partial charge on any atom is 0.396 e. The van der Waals surface area contributed by atoms with Crippen molar-refractivity contribution in [1.29, 1.82) is 0 Å². The minimum absolute atomic E-state index is 0. The van der Waals surface area contributed by atoms with Crippen molar-refractivity contribution >= 4 is 6.08 Å². The average Bonchev–Trinajstić information content (AvgIpc) is 2.50. The van der Waals surface area contributed by atoms with Gasteiger partial charge in [0.1, 0.15) is 0 Å². The fourth-order valence-corrected chi connectivity index (χ4v) is 0.735. The van der Waals surface area contributed by atoms with E-state index in [1.165, 1.54) is 6.08 Å². The molecule has 1 radical (unpaired) electrons. The van der Waals surface area contributed by atoms with Gasteiger partial charge in [0.25, 0.3) is 0 Å². The Balaban J connectivity index is 0. The van der Waals surface area contributed by atoms with Gasteiger partial charge < -0.3 is 9.40 Å².